The average Bonchev–Trinajstić information content (AvgIpc) is 3.10. The van der Waals surface area contributed by atoms with Crippen molar-refractivity contribution in [3.63, 3.8) is 0 Å². The van der Waals surface area contributed by atoms with Crippen molar-refractivity contribution in [1.82, 2.24) is 0 Å². The molecule has 0 spiro atoms. The number of carbonyl (C=O) groups excluding carboxylic acids is 1. The number of carbonyl (C=O) groups is 1. The van der Waals surface area contributed by atoms with Gasteiger partial charge in [0.2, 0.25) is 0 Å². The second-order valence-corrected chi connectivity index (χ2v) is 8.26. The molecule has 0 N–H and O–H groups in total. The van der Waals surface area contributed by atoms with E-state index in [0.29, 0.717) is 17.9 Å². The first-order valence-corrected chi connectivity index (χ1v) is 10.5. The standard InChI is InChI=1S/C27H28N2O3/c1-6-17-31-23-15-16-24-25(18-23)27(32-26(24)30,19-7-11-21(12-8-19)28(2)3)20-9-13-22(14-10-20)29(4)5/h6-16,18H,1,17H2,2-5H3. The maximum absolute atomic E-state index is 13.0. The lowest BCUT2D eigenvalue weighted by atomic mass is 9.79. The van der Waals surface area contributed by atoms with Crippen LogP contribution in [0.25, 0.3) is 0 Å². The van der Waals surface area contributed by atoms with E-state index in [0.717, 1.165) is 28.1 Å². The highest BCUT2D eigenvalue weighted by molar-refractivity contribution is 5.96. The molecule has 1 heterocycles. The van der Waals surface area contributed by atoms with E-state index in [2.05, 4.69) is 6.58 Å². The molecule has 1 aliphatic heterocycles. The van der Waals surface area contributed by atoms with E-state index in [1.165, 1.54) is 0 Å². The number of rotatable bonds is 7. The summed E-state index contributed by atoms with van der Waals surface area (Å²) in [5.41, 5.74) is 4.17. The Labute approximate surface area is 189 Å². The first kappa shape index (κ1) is 21.5. The van der Waals surface area contributed by atoms with Gasteiger partial charge in [-0.2, -0.15) is 0 Å². The molecule has 5 heteroatoms. The van der Waals surface area contributed by atoms with Gasteiger partial charge in [-0.3, -0.25) is 0 Å². The third-order valence-electron chi connectivity index (χ3n) is 5.78. The van der Waals surface area contributed by atoms with Crippen LogP contribution in [0.15, 0.2) is 79.4 Å². The van der Waals surface area contributed by atoms with E-state index < -0.39 is 5.60 Å². The van der Waals surface area contributed by atoms with Crippen LogP contribution in [-0.2, 0) is 10.3 Å². The minimum atomic E-state index is -1.06. The molecular weight excluding hydrogens is 400 g/mol. The van der Waals surface area contributed by atoms with Crippen LogP contribution in [0.3, 0.4) is 0 Å². The maximum atomic E-state index is 13.0. The summed E-state index contributed by atoms with van der Waals surface area (Å²) in [6, 6.07) is 21.7. The van der Waals surface area contributed by atoms with Crippen molar-refractivity contribution in [2.45, 2.75) is 5.60 Å². The number of nitrogens with zero attached hydrogens (tertiary/aromatic N) is 2. The molecule has 0 aliphatic carbocycles. The van der Waals surface area contributed by atoms with Crippen molar-refractivity contribution in [3.8, 4) is 5.75 Å². The molecule has 0 saturated heterocycles. The Morgan fingerprint density at radius 2 is 1.41 bits per heavy atom. The third kappa shape index (κ3) is 3.60. The van der Waals surface area contributed by atoms with E-state index in [1.807, 2.05) is 92.6 Å². The number of esters is 1. The molecule has 0 radical (unpaired) electrons. The molecule has 164 valence electrons. The molecule has 0 aromatic heterocycles. The van der Waals surface area contributed by atoms with Crippen molar-refractivity contribution in [3.05, 3.63) is 102 Å². The van der Waals surface area contributed by atoms with Gasteiger partial charge in [0.25, 0.3) is 0 Å². The van der Waals surface area contributed by atoms with Gasteiger partial charge in [-0.25, -0.2) is 4.79 Å². The molecule has 4 rings (SSSR count). The molecule has 3 aromatic carbocycles. The molecule has 0 atom stereocenters. The fourth-order valence-corrected chi connectivity index (χ4v) is 4.07. The Morgan fingerprint density at radius 1 is 0.875 bits per heavy atom. The molecule has 0 bridgehead atoms. The minimum Gasteiger partial charge on any atom is -0.490 e. The van der Waals surface area contributed by atoms with Gasteiger partial charge < -0.3 is 19.3 Å². The van der Waals surface area contributed by atoms with Crippen LogP contribution < -0.4 is 14.5 Å². The lowest BCUT2D eigenvalue weighted by molar-refractivity contribution is 0.0251. The molecular formula is C27H28N2O3. The van der Waals surface area contributed by atoms with E-state index in [4.69, 9.17) is 9.47 Å². The summed E-state index contributed by atoms with van der Waals surface area (Å²) in [5.74, 6) is 0.324. The Morgan fingerprint density at radius 3 is 1.88 bits per heavy atom. The summed E-state index contributed by atoms with van der Waals surface area (Å²) in [5, 5.41) is 0. The lowest BCUT2D eigenvalue weighted by Gasteiger charge is -2.31. The van der Waals surface area contributed by atoms with Crippen LogP contribution in [0.2, 0.25) is 0 Å². The summed E-state index contributed by atoms with van der Waals surface area (Å²) in [4.78, 5) is 17.1. The second-order valence-electron chi connectivity index (χ2n) is 8.26. The fraction of sp³-hybridized carbons (Fsp3) is 0.222. The molecule has 32 heavy (non-hydrogen) atoms. The number of hydrogen-bond donors (Lipinski definition) is 0. The van der Waals surface area contributed by atoms with E-state index in [1.54, 1.807) is 18.2 Å². The van der Waals surface area contributed by atoms with Crippen LogP contribution >= 0.6 is 0 Å². The Hall–Kier alpha value is -3.73. The number of hydrogen-bond acceptors (Lipinski definition) is 5. The second kappa shape index (κ2) is 8.42. The van der Waals surface area contributed by atoms with Crippen molar-refractivity contribution in [2.75, 3.05) is 44.6 Å². The Bertz CT molecular complexity index is 1080. The summed E-state index contributed by atoms with van der Waals surface area (Å²) < 4.78 is 12.0. The largest absolute Gasteiger partial charge is 0.490 e. The zero-order valence-corrected chi connectivity index (χ0v) is 19.0. The molecule has 0 saturated carbocycles. The Kier molecular flexibility index (Phi) is 5.66. The minimum absolute atomic E-state index is 0.344. The van der Waals surface area contributed by atoms with Crippen molar-refractivity contribution < 1.29 is 14.3 Å². The first-order chi connectivity index (χ1) is 15.4. The molecule has 5 nitrogen and oxygen atoms in total. The van der Waals surface area contributed by atoms with Crippen LogP contribution in [-0.4, -0.2) is 40.8 Å². The predicted octanol–water partition coefficient (Wildman–Crippen LogP) is 4.85. The van der Waals surface area contributed by atoms with Gasteiger partial charge in [0.1, 0.15) is 12.4 Å². The molecule has 0 amide bonds. The maximum Gasteiger partial charge on any atom is 0.340 e. The normalized spacial score (nSPS) is 13.8. The van der Waals surface area contributed by atoms with Crippen molar-refractivity contribution in [1.29, 1.82) is 0 Å². The average molecular weight is 429 g/mol. The van der Waals surface area contributed by atoms with E-state index in [-0.39, 0.29) is 5.97 Å². The van der Waals surface area contributed by atoms with Crippen LogP contribution in [0.4, 0.5) is 11.4 Å². The topological polar surface area (TPSA) is 42.0 Å². The summed E-state index contributed by atoms with van der Waals surface area (Å²) in [6.07, 6.45) is 1.70. The molecule has 0 unspecified atom stereocenters. The monoisotopic (exact) mass is 428 g/mol. The number of ether oxygens (including phenoxy) is 2. The van der Waals surface area contributed by atoms with Gasteiger partial charge in [0.05, 0.1) is 5.56 Å². The lowest BCUT2D eigenvalue weighted by Crippen LogP contribution is -2.29. The molecule has 3 aromatic rings. The number of fused-ring (bicyclic) bond motifs is 1. The first-order valence-electron chi connectivity index (χ1n) is 10.5. The van der Waals surface area contributed by atoms with E-state index in [9.17, 15) is 4.79 Å². The van der Waals surface area contributed by atoms with Gasteiger partial charge >= 0.3 is 5.97 Å². The summed E-state index contributed by atoms with van der Waals surface area (Å²) >= 11 is 0. The highest BCUT2D eigenvalue weighted by atomic mass is 16.6. The predicted molar refractivity (Wildman–Crippen MR) is 129 cm³/mol. The quantitative estimate of drug-likeness (QED) is 0.398. The zero-order valence-electron chi connectivity index (χ0n) is 19.0. The SMILES string of the molecule is C=CCOc1ccc2c(c1)C(c1ccc(N(C)C)cc1)(c1ccc(N(C)C)cc1)OC2=O. The number of benzene rings is 3. The summed E-state index contributed by atoms with van der Waals surface area (Å²) in [6.45, 7) is 4.10. The number of anilines is 2. The van der Waals surface area contributed by atoms with Crippen LogP contribution in [0, 0.1) is 0 Å². The highest BCUT2D eigenvalue weighted by Gasteiger charge is 2.48. The van der Waals surface area contributed by atoms with Crippen LogP contribution in [0.5, 0.6) is 5.75 Å². The number of cyclic esters (lactones) is 1. The zero-order chi connectivity index (χ0) is 22.9. The smallest absolute Gasteiger partial charge is 0.340 e. The van der Waals surface area contributed by atoms with Gasteiger partial charge in [0.15, 0.2) is 5.60 Å². The van der Waals surface area contributed by atoms with Gasteiger partial charge in [-0.15, -0.1) is 0 Å². The van der Waals surface area contributed by atoms with Crippen molar-refractivity contribution in [2.24, 2.45) is 0 Å². The van der Waals surface area contributed by atoms with Gasteiger partial charge in [-0.05, 0) is 42.5 Å². The van der Waals surface area contributed by atoms with Crippen molar-refractivity contribution >= 4 is 17.3 Å². The highest BCUT2D eigenvalue weighted by Crippen LogP contribution is 2.48. The summed E-state index contributed by atoms with van der Waals surface area (Å²) in [7, 11) is 8.00. The van der Waals surface area contributed by atoms with Crippen LogP contribution in [0.1, 0.15) is 27.0 Å². The Balaban J connectivity index is 1.93. The fourth-order valence-electron chi connectivity index (χ4n) is 4.07. The molecule has 0 fully saturated rings. The van der Waals surface area contributed by atoms with E-state index >= 15 is 0 Å². The third-order valence-corrected chi connectivity index (χ3v) is 5.78. The van der Waals surface area contributed by atoms with Gasteiger partial charge in [-0.1, -0.05) is 36.9 Å². The molecule has 1 aliphatic rings. The van der Waals surface area contributed by atoms with Gasteiger partial charge in [0, 0.05) is 56.3 Å².